The molecular formula is C10H8ClIN2S. The van der Waals surface area contributed by atoms with Gasteiger partial charge < -0.3 is 5.32 Å². The van der Waals surface area contributed by atoms with Crippen molar-refractivity contribution in [2.45, 2.75) is 6.54 Å². The van der Waals surface area contributed by atoms with Gasteiger partial charge in [-0.15, -0.1) is 11.3 Å². The summed E-state index contributed by atoms with van der Waals surface area (Å²) in [6, 6.07) is 5.80. The lowest BCUT2D eigenvalue weighted by atomic mass is 10.3. The molecule has 1 aromatic heterocycles. The van der Waals surface area contributed by atoms with Crippen LogP contribution >= 0.6 is 45.5 Å². The topological polar surface area (TPSA) is 24.9 Å². The number of aromatic nitrogens is 1. The molecule has 5 heteroatoms. The molecule has 0 atom stereocenters. The quantitative estimate of drug-likeness (QED) is 0.846. The van der Waals surface area contributed by atoms with Crippen LogP contribution in [0, 0.1) is 3.57 Å². The Hall–Kier alpha value is -0.330. The van der Waals surface area contributed by atoms with Crippen molar-refractivity contribution in [1.82, 2.24) is 4.98 Å². The Morgan fingerprint density at radius 1 is 1.47 bits per heavy atom. The van der Waals surface area contributed by atoms with E-state index in [0.29, 0.717) is 0 Å². The van der Waals surface area contributed by atoms with Gasteiger partial charge in [-0.25, -0.2) is 4.98 Å². The Morgan fingerprint density at radius 3 is 3.00 bits per heavy atom. The molecule has 0 fully saturated rings. The second-order valence-corrected chi connectivity index (χ2v) is 5.27. The highest BCUT2D eigenvalue weighted by Crippen LogP contribution is 2.22. The Morgan fingerprint density at radius 2 is 2.33 bits per heavy atom. The van der Waals surface area contributed by atoms with Gasteiger partial charge in [0.15, 0.2) is 0 Å². The molecule has 0 aliphatic heterocycles. The van der Waals surface area contributed by atoms with Crippen LogP contribution in [0.5, 0.6) is 0 Å². The highest BCUT2D eigenvalue weighted by molar-refractivity contribution is 14.1. The summed E-state index contributed by atoms with van der Waals surface area (Å²) in [6.45, 7) is 0.751. The summed E-state index contributed by atoms with van der Waals surface area (Å²) in [7, 11) is 0. The predicted octanol–water partition coefficient (Wildman–Crippen LogP) is 4.01. The van der Waals surface area contributed by atoms with Gasteiger partial charge in [-0.05, 0) is 40.8 Å². The van der Waals surface area contributed by atoms with Crippen LogP contribution < -0.4 is 5.32 Å². The van der Waals surface area contributed by atoms with Gasteiger partial charge >= 0.3 is 0 Å². The largest absolute Gasteiger partial charge is 0.378 e. The average Bonchev–Trinajstić information content (AvgIpc) is 2.69. The fraction of sp³-hybridized carbons (Fsp3) is 0.100. The molecule has 2 nitrogen and oxygen atoms in total. The zero-order valence-corrected chi connectivity index (χ0v) is 11.4. The summed E-state index contributed by atoms with van der Waals surface area (Å²) in [5.41, 5.74) is 3.99. The van der Waals surface area contributed by atoms with Crippen LogP contribution in [-0.2, 0) is 6.54 Å². The van der Waals surface area contributed by atoms with Crippen LogP contribution in [-0.4, -0.2) is 4.98 Å². The van der Waals surface area contributed by atoms with Crippen LogP contribution in [0.4, 0.5) is 5.69 Å². The lowest BCUT2D eigenvalue weighted by Crippen LogP contribution is -2.00. The van der Waals surface area contributed by atoms with E-state index >= 15 is 0 Å². The summed E-state index contributed by atoms with van der Waals surface area (Å²) < 4.78 is 1.12. The molecule has 0 unspecified atom stereocenters. The van der Waals surface area contributed by atoms with E-state index < -0.39 is 0 Å². The van der Waals surface area contributed by atoms with Crippen molar-refractivity contribution in [1.29, 1.82) is 0 Å². The molecule has 0 saturated carbocycles. The molecule has 78 valence electrons. The van der Waals surface area contributed by atoms with Crippen LogP contribution in [0.2, 0.25) is 5.02 Å². The summed E-state index contributed by atoms with van der Waals surface area (Å²) in [4.78, 5) is 4.21. The first-order chi connectivity index (χ1) is 7.25. The summed E-state index contributed by atoms with van der Waals surface area (Å²) in [5.74, 6) is 0. The molecule has 2 rings (SSSR count). The minimum Gasteiger partial charge on any atom is -0.378 e. The number of benzene rings is 1. The minimum absolute atomic E-state index is 0.751. The Balaban J connectivity index is 2.05. The maximum atomic E-state index is 5.87. The molecule has 0 spiro atoms. The highest BCUT2D eigenvalue weighted by Gasteiger charge is 2.00. The van der Waals surface area contributed by atoms with E-state index in [1.165, 1.54) is 0 Å². The second kappa shape index (κ2) is 5.14. The number of hydrogen-bond donors (Lipinski definition) is 1. The molecule has 0 aliphatic carbocycles. The van der Waals surface area contributed by atoms with Gasteiger partial charge in [0.25, 0.3) is 0 Å². The molecule has 0 radical (unpaired) electrons. The summed E-state index contributed by atoms with van der Waals surface area (Å²) in [5, 5.41) is 6.12. The van der Waals surface area contributed by atoms with Gasteiger partial charge in [0.1, 0.15) is 0 Å². The molecule has 1 heterocycles. The van der Waals surface area contributed by atoms with E-state index in [1.54, 1.807) is 11.3 Å². The van der Waals surface area contributed by atoms with Crippen molar-refractivity contribution < 1.29 is 0 Å². The first kappa shape index (κ1) is 11.2. The molecule has 15 heavy (non-hydrogen) atoms. The second-order valence-electron chi connectivity index (χ2n) is 2.96. The molecule has 0 amide bonds. The third-order valence-electron chi connectivity index (χ3n) is 1.87. The third kappa shape index (κ3) is 3.06. The summed E-state index contributed by atoms with van der Waals surface area (Å²) in [6.07, 6.45) is 0. The van der Waals surface area contributed by atoms with E-state index in [-0.39, 0.29) is 0 Å². The van der Waals surface area contributed by atoms with Crippen LogP contribution in [0.1, 0.15) is 5.69 Å². The first-order valence-electron chi connectivity index (χ1n) is 4.31. The number of nitrogens with zero attached hydrogens (tertiary/aromatic N) is 1. The van der Waals surface area contributed by atoms with E-state index in [9.17, 15) is 0 Å². The SMILES string of the molecule is Clc1ccc(NCc2cscn2)c(I)c1. The molecule has 1 N–H and O–H groups in total. The fourth-order valence-corrected chi connectivity index (χ4v) is 2.76. The lowest BCUT2D eigenvalue weighted by molar-refractivity contribution is 1.07. The standard InChI is InChI=1S/C10H8ClIN2S/c11-7-1-2-10(9(12)3-7)13-4-8-5-15-6-14-8/h1-3,5-6,13H,4H2. The number of thiazole rings is 1. The van der Waals surface area contributed by atoms with Gasteiger partial charge in [0, 0.05) is 19.7 Å². The first-order valence-corrected chi connectivity index (χ1v) is 6.71. The van der Waals surface area contributed by atoms with Gasteiger partial charge in [-0.3, -0.25) is 0 Å². The molecule has 2 aromatic rings. The van der Waals surface area contributed by atoms with Crippen molar-refractivity contribution in [3.63, 3.8) is 0 Å². The van der Waals surface area contributed by atoms with Crippen molar-refractivity contribution in [3.8, 4) is 0 Å². The normalized spacial score (nSPS) is 10.3. The van der Waals surface area contributed by atoms with Crippen molar-refractivity contribution in [2.24, 2.45) is 0 Å². The smallest absolute Gasteiger partial charge is 0.0795 e. The van der Waals surface area contributed by atoms with Gasteiger partial charge in [0.05, 0.1) is 17.7 Å². The number of halogens is 2. The van der Waals surface area contributed by atoms with Crippen LogP contribution in [0.3, 0.4) is 0 Å². The van der Waals surface area contributed by atoms with E-state index in [0.717, 1.165) is 26.5 Å². The van der Waals surface area contributed by atoms with Gasteiger partial charge in [-0.1, -0.05) is 11.6 Å². The molecule has 1 aromatic carbocycles. The van der Waals surface area contributed by atoms with Gasteiger partial charge in [0.2, 0.25) is 0 Å². The van der Waals surface area contributed by atoms with Crippen molar-refractivity contribution >= 4 is 51.2 Å². The Bertz CT molecular complexity index is 445. The zero-order valence-electron chi connectivity index (χ0n) is 7.71. The maximum Gasteiger partial charge on any atom is 0.0795 e. The van der Waals surface area contributed by atoms with E-state index in [2.05, 4.69) is 32.9 Å². The summed E-state index contributed by atoms with van der Waals surface area (Å²) >= 11 is 9.74. The van der Waals surface area contributed by atoms with Crippen molar-refractivity contribution in [2.75, 3.05) is 5.32 Å². The Kier molecular flexibility index (Phi) is 3.82. The predicted molar refractivity (Wildman–Crippen MR) is 73.6 cm³/mol. The average molecular weight is 351 g/mol. The number of anilines is 1. The monoisotopic (exact) mass is 350 g/mol. The molecule has 0 saturated heterocycles. The highest BCUT2D eigenvalue weighted by atomic mass is 127. The Labute approximate surface area is 111 Å². The number of hydrogen-bond acceptors (Lipinski definition) is 3. The fourth-order valence-electron chi connectivity index (χ4n) is 1.14. The van der Waals surface area contributed by atoms with Crippen molar-refractivity contribution in [3.05, 3.63) is 43.4 Å². The zero-order chi connectivity index (χ0) is 10.7. The molecule has 0 aliphatic rings. The van der Waals surface area contributed by atoms with Gasteiger partial charge in [-0.2, -0.15) is 0 Å². The maximum absolute atomic E-state index is 5.87. The third-order valence-corrected chi connectivity index (χ3v) is 3.64. The minimum atomic E-state index is 0.751. The number of rotatable bonds is 3. The van der Waals surface area contributed by atoms with E-state index in [1.807, 2.05) is 29.1 Å². The molecular weight excluding hydrogens is 343 g/mol. The molecule has 0 bridgehead atoms. The number of nitrogens with one attached hydrogen (secondary N) is 1. The lowest BCUT2D eigenvalue weighted by Gasteiger charge is -2.06. The van der Waals surface area contributed by atoms with E-state index in [4.69, 9.17) is 11.6 Å². The van der Waals surface area contributed by atoms with Crippen LogP contribution in [0.25, 0.3) is 0 Å². The van der Waals surface area contributed by atoms with Crippen LogP contribution in [0.15, 0.2) is 29.1 Å².